The van der Waals surface area contributed by atoms with E-state index in [4.69, 9.17) is 10.5 Å². The summed E-state index contributed by atoms with van der Waals surface area (Å²) in [4.78, 5) is 12.0. The molecule has 0 spiro atoms. The molecule has 7 heteroatoms. The van der Waals surface area contributed by atoms with Crippen LogP contribution in [0.5, 0.6) is 5.75 Å². The largest absolute Gasteiger partial charge is 0.415 e. The number of para-hydroxylation sites is 1. The van der Waals surface area contributed by atoms with Crippen LogP contribution in [0, 0.1) is 0 Å². The van der Waals surface area contributed by atoms with Crippen LogP contribution >= 0.6 is 0 Å². The summed E-state index contributed by atoms with van der Waals surface area (Å²) in [5, 5.41) is 0. The Morgan fingerprint density at radius 1 is 1.28 bits per heavy atom. The van der Waals surface area contributed by atoms with Gasteiger partial charge in [-0.25, -0.2) is 4.79 Å². The van der Waals surface area contributed by atoms with Crippen molar-refractivity contribution in [3.63, 3.8) is 0 Å². The molecule has 0 aromatic heterocycles. The third-order valence-electron chi connectivity index (χ3n) is 1.98. The number of hydrogen-bond donors (Lipinski definition) is 1. The van der Waals surface area contributed by atoms with E-state index in [0.29, 0.717) is 4.90 Å². The van der Waals surface area contributed by atoms with Crippen molar-refractivity contribution in [2.45, 2.75) is 6.18 Å². The molecular weight excluding hydrogens is 249 g/mol. The molecule has 0 radical (unpaired) electrons. The van der Waals surface area contributed by atoms with Crippen LogP contribution in [0.3, 0.4) is 0 Å². The molecule has 0 unspecified atom stereocenters. The number of benzene rings is 1. The van der Waals surface area contributed by atoms with E-state index >= 15 is 0 Å². The Bertz CT molecular complexity index is 382. The Kier molecular flexibility index (Phi) is 4.96. The van der Waals surface area contributed by atoms with Crippen molar-refractivity contribution in [1.29, 1.82) is 0 Å². The number of carbonyl (C=O) groups excluding carboxylic acids is 1. The minimum atomic E-state index is -4.48. The first-order valence-corrected chi connectivity index (χ1v) is 5.21. The van der Waals surface area contributed by atoms with Gasteiger partial charge in [-0.05, 0) is 12.1 Å². The fraction of sp³-hybridized carbons (Fsp3) is 0.364. The van der Waals surface area contributed by atoms with E-state index in [1.165, 1.54) is 12.1 Å². The summed E-state index contributed by atoms with van der Waals surface area (Å²) in [5.41, 5.74) is 5.16. The molecule has 18 heavy (non-hydrogen) atoms. The molecule has 1 rings (SSSR count). The van der Waals surface area contributed by atoms with E-state index in [1.807, 2.05) is 0 Å². The smallest absolute Gasteiger partial charge is 0.410 e. The summed E-state index contributed by atoms with van der Waals surface area (Å²) in [5.74, 6) is 0.187. The predicted octanol–water partition coefficient (Wildman–Crippen LogP) is 2.01. The molecule has 4 nitrogen and oxygen atoms in total. The first kappa shape index (κ1) is 14.3. The highest BCUT2D eigenvalue weighted by Crippen LogP contribution is 2.17. The summed E-state index contributed by atoms with van der Waals surface area (Å²) in [6.45, 7) is -1.67. The SMILES string of the molecule is NCCN(CC(F)(F)F)C(=O)Oc1ccccc1. The molecule has 2 N–H and O–H groups in total. The molecule has 0 aliphatic rings. The standard InChI is InChI=1S/C11H13F3N2O2/c12-11(13,14)8-16(7-6-15)10(17)18-9-4-2-1-3-5-9/h1-5H,6-8,15H2. The lowest BCUT2D eigenvalue weighted by Crippen LogP contribution is -2.43. The Balaban J connectivity index is 2.65. The van der Waals surface area contributed by atoms with Gasteiger partial charge in [-0.3, -0.25) is 4.90 Å². The zero-order valence-corrected chi connectivity index (χ0v) is 9.48. The van der Waals surface area contributed by atoms with Gasteiger partial charge in [-0.1, -0.05) is 18.2 Å². The molecule has 0 saturated heterocycles. The van der Waals surface area contributed by atoms with Crippen molar-refractivity contribution in [3.05, 3.63) is 30.3 Å². The lowest BCUT2D eigenvalue weighted by Gasteiger charge is -2.22. The van der Waals surface area contributed by atoms with Gasteiger partial charge in [0.05, 0.1) is 0 Å². The van der Waals surface area contributed by atoms with E-state index in [2.05, 4.69) is 0 Å². The first-order chi connectivity index (χ1) is 8.42. The van der Waals surface area contributed by atoms with Gasteiger partial charge in [0.1, 0.15) is 12.3 Å². The minimum absolute atomic E-state index is 0.0695. The number of amides is 1. The zero-order valence-electron chi connectivity index (χ0n) is 9.48. The summed E-state index contributed by atoms with van der Waals surface area (Å²) in [6, 6.07) is 7.88. The Labute approximate surface area is 102 Å². The molecule has 100 valence electrons. The fourth-order valence-electron chi connectivity index (χ4n) is 1.26. The van der Waals surface area contributed by atoms with Gasteiger partial charge in [-0.2, -0.15) is 13.2 Å². The lowest BCUT2D eigenvalue weighted by molar-refractivity contribution is -0.141. The normalized spacial score (nSPS) is 11.1. The number of hydrogen-bond acceptors (Lipinski definition) is 3. The van der Waals surface area contributed by atoms with E-state index in [0.717, 1.165) is 0 Å². The summed E-state index contributed by atoms with van der Waals surface area (Å²) < 4.78 is 41.5. The summed E-state index contributed by atoms with van der Waals surface area (Å²) in [7, 11) is 0. The second-order valence-corrected chi connectivity index (χ2v) is 3.51. The first-order valence-electron chi connectivity index (χ1n) is 5.21. The molecule has 0 bridgehead atoms. The summed E-state index contributed by atoms with van der Waals surface area (Å²) >= 11 is 0. The van der Waals surface area contributed by atoms with Gasteiger partial charge in [0, 0.05) is 13.1 Å². The number of rotatable bonds is 4. The maximum absolute atomic E-state index is 12.2. The van der Waals surface area contributed by atoms with Crippen LogP contribution in [-0.4, -0.2) is 36.8 Å². The molecule has 0 fully saturated rings. The van der Waals surface area contributed by atoms with Crippen LogP contribution in [0.2, 0.25) is 0 Å². The van der Waals surface area contributed by atoms with E-state index < -0.39 is 18.8 Å². The maximum atomic E-state index is 12.2. The Hall–Kier alpha value is -1.76. The highest BCUT2D eigenvalue weighted by atomic mass is 19.4. The molecule has 0 heterocycles. The number of alkyl halides is 3. The van der Waals surface area contributed by atoms with Crippen LogP contribution in [0.4, 0.5) is 18.0 Å². The van der Waals surface area contributed by atoms with Gasteiger partial charge < -0.3 is 10.5 Å². The summed E-state index contributed by atoms with van der Waals surface area (Å²) in [6.07, 6.45) is -5.55. The molecule has 1 aromatic rings. The van der Waals surface area contributed by atoms with E-state index in [-0.39, 0.29) is 18.8 Å². The molecule has 0 saturated carbocycles. The van der Waals surface area contributed by atoms with Crippen LogP contribution in [-0.2, 0) is 0 Å². The molecule has 1 amide bonds. The molecule has 1 aromatic carbocycles. The second-order valence-electron chi connectivity index (χ2n) is 3.51. The number of nitrogens with two attached hydrogens (primary N) is 1. The minimum Gasteiger partial charge on any atom is -0.410 e. The second kappa shape index (κ2) is 6.25. The molecule has 0 aliphatic carbocycles. The number of ether oxygens (including phenoxy) is 1. The van der Waals surface area contributed by atoms with Gasteiger partial charge in [0.15, 0.2) is 0 Å². The Morgan fingerprint density at radius 2 is 1.89 bits per heavy atom. The van der Waals surface area contributed by atoms with Crippen molar-refractivity contribution in [2.24, 2.45) is 5.73 Å². The van der Waals surface area contributed by atoms with Gasteiger partial charge in [0.2, 0.25) is 0 Å². The lowest BCUT2D eigenvalue weighted by atomic mass is 10.3. The third-order valence-corrected chi connectivity index (χ3v) is 1.98. The third kappa shape index (κ3) is 5.05. The average molecular weight is 262 g/mol. The molecule has 0 aliphatic heterocycles. The van der Waals surface area contributed by atoms with E-state index in [9.17, 15) is 18.0 Å². The van der Waals surface area contributed by atoms with Gasteiger partial charge in [0.25, 0.3) is 0 Å². The van der Waals surface area contributed by atoms with Crippen molar-refractivity contribution >= 4 is 6.09 Å². The number of halogens is 3. The molecular formula is C11H13F3N2O2. The van der Waals surface area contributed by atoms with Gasteiger partial charge >= 0.3 is 12.3 Å². The van der Waals surface area contributed by atoms with Crippen LogP contribution in [0.15, 0.2) is 30.3 Å². The van der Waals surface area contributed by atoms with E-state index in [1.54, 1.807) is 18.2 Å². The Morgan fingerprint density at radius 3 is 2.39 bits per heavy atom. The number of nitrogens with zero attached hydrogens (tertiary/aromatic N) is 1. The quantitative estimate of drug-likeness (QED) is 0.903. The van der Waals surface area contributed by atoms with Crippen LogP contribution in [0.25, 0.3) is 0 Å². The fourth-order valence-corrected chi connectivity index (χ4v) is 1.26. The highest BCUT2D eigenvalue weighted by Gasteiger charge is 2.33. The van der Waals surface area contributed by atoms with Crippen molar-refractivity contribution in [1.82, 2.24) is 4.90 Å². The van der Waals surface area contributed by atoms with Crippen molar-refractivity contribution in [3.8, 4) is 5.75 Å². The van der Waals surface area contributed by atoms with Gasteiger partial charge in [-0.15, -0.1) is 0 Å². The van der Waals surface area contributed by atoms with Crippen LogP contribution in [0.1, 0.15) is 0 Å². The predicted molar refractivity (Wildman–Crippen MR) is 59.1 cm³/mol. The monoisotopic (exact) mass is 262 g/mol. The van der Waals surface area contributed by atoms with Crippen LogP contribution < -0.4 is 10.5 Å². The maximum Gasteiger partial charge on any atom is 0.415 e. The average Bonchev–Trinajstić information content (AvgIpc) is 2.28. The molecule has 0 atom stereocenters. The zero-order chi connectivity index (χ0) is 13.6. The van der Waals surface area contributed by atoms with Crippen molar-refractivity contribution < 1.29 is 22.7 Å². The topological polar surface area (TPSA) is 55.6 Å². The van der Waals surface area contributed by atoms with Crippen molar-refractivity contribution in [2.75, 3.05) is 19.6 Å². The number of carbonyl (C=O) groups is 1. The highest BCUT2D eigenvalue weighted by molar-refractivity contribution is 5.70.